The molecule has 1 aromatic rings. The van der Waals surface area contributed by atoms with Crippen LogP contribution in [0.4, 0.5) is 0 Å². The van der Waals surface area contributed by atoms with E-state index in [1.807, 2.05) is 6.07 Å². The van der Waals surface area contributed by atoms with Gasteiger partial charge in [0, 0.05) is 5.37 Å². The van der Waals surface area contributed by atoms with Crippen molar-refractivity contribution in [3.8, 4) is 0 Å². The SMILES string of the molecule is CCOC(=O)CC(=O)C=Cc1ccccc1C=S=O. The van der Waals surface area contributed by atoms with Crippen molar-refractivity contribution in [3.63, 3.8) is 0 Å². The molecule has 0 fully saturated rings. The van der Waals surface area contributed by atoms with E-state index < -0.39 is 5.97 Å². The number of esters is 1. The van der Waals surface area contributed by atoms with Crippen molar-refractivity contribution < 1.29 is 18.5 Å². The van der Waals surface area contributed by atoms with Gasteiger partial charge in [0.1, 0.15) is 6.42 Å². The highest BCUT2D eigenvalue weighted by Crippen LogP contribution is 2.08. The number of hydrogen-bond acceptors (Lipinski definition) is 4. The molecule has 5 heteroatoms. The lowest BCUT2D eigenvalue weighted by Crippen LogP contribution is -2.09. The van der Waals surface area contributed by atoms with E-state index >= 15 is 0 Å². The Morgan fingerprint density at radius 1 is 1.26 bits per heavy atom. The third-order valence-electron chi connectivity index (χ3n) is 2.24. The van der Waals surface area contributed by atoms with Crippen LogP contribution in [-0.4, -0.2) is 27.9 Å². The summed E-state index contributed by atoms with van der Waals surface area (Å²) in [7, 11) is 0. The summed E-state index contributed by atoms with van der Waals surface area (Å²) in [6, 6.07) is 7.18. The van der Waals surface area contributed by atoms with E-state index in [0.29, 0.717) is 11.3 Å². The molecule has 1 rings (SSSR count). The number of benzene rings is 1. The van der Waals surface area contributed by atoms with Gasteiger partial charge in [-0.25, -0.2) is 4.21 Å². The van der Waals surface area contributed by atoms with E-state index in [0.717, 1.165) is 11.1 Å². The number of carbonyl (C=O) groups is 2. The third kappa shape index (κ3) is 5.44. The van der Waals surface area contributed by atoms with Gasteiger partial charge >= 0.3 is 5.97 Å². The number of allylic oxidation sites excluding steroid dienone is 1. The molecule has 0 saturated carbocycles. The van der Waals surface area contributed by atoms with Crippen LogP contribution in [0.5, 0.6) is 0 Å². The van der Waals surface area contributed by atoms with Gasteiger partial charge in [0.15, 0.2) is 5.78 Å². The fourth-order valence-electron chi connectivity index (χ4n) is 1.42. The summed E-state index contributed by atoms with van der Waals surface area (Å²) in [5.74, 6) is -0.866. The lowest BCUT2D eigenvalue weighted by atomic mass is 10.1. The summed E-state index contributed by atoms with van der Waals surface area (Å²) < 4.78 is 15.2. The summed E-state index contributed by atoms with van der Waals surface area (Å²) in [5, 5.41) is 1.45. The lowest BCUT2D eigenvalue weighted by Gasteiger charge is -1.99. The van der Waals surface area contributed by atoms with E-state index in [4.69, 9.17) is 0 Å². The highest BCUT2D eigenvalue weighted by atomic mass is 32.1. The number of carbonyl (C=O) groups excluding carboxylic acids is 2. The maximum absolute atomic E-state index is 11.5. The maximum Gasteiger partial charge on any atom is 0.313 e. The first-order valence-corrected chi connectivity index (χ1v) is 6.55. The summed E-state index contributed by atoms with van der Waals surface area (Å²) in [4.78, 5) is 22.6. The molecule has 0 unspecified atom stereocenters. The van der Waals surface area contributed by atoms with Crippen LogP contribution in [0.2, 0.25) is 0 Å². The van der Waals surface area contributed by atoms with Crippen LogP contribution in [0.15, 0.2) is 30.3 Å². The van der Waals surface area contributed by atoms with Crippen molar-refractivity contribution >= 4 is 34.5 Å². The molecule has 0 radical (unpaired) electrons. The molecule has 19 heavy (non-hydrogen) atoms. The molecular formula is C14H14O4S. The van der Waals surface area contributed by atoms with Crippen molar-refractivity contribution in [3.05, 3.63) is 41.5 Å². The topological polar surface area (TPSA) is 60.4 Å². The fraction of sp³-hybridized carbons (Fsp3) is 0.214. The second-order valence-corrected chi connectivity index (χ2v) is 4.05. The van der Waals surface area contributed by atoms with Crippen LogP contribution < -0.4 is 0 Å². The van der Waals surface area contributed by atoms with Crippen molar-refractivity contribution in [2.24, 2.45) is 0 Å². The molecular weight excluding hydrogens is 264 g/mol. The van der Waals surface area contributed by atoms with Gasteiger partial charge in [0.05, 0.1) is 17.9 Å². The number of rotatable bonds is 6. The Labute approximate surface area is 115 Å². The Bertz CT molecular complexity index is 542. The molecule has 0 atom stereocenters. The second-order valence-electron chi connectivity index (χ2n) is 3.62. The molecule has 0 aromatic heterocycles. The largest absolute Gasteiger partial charge is 0.466 e. The van der Waals surface area contributed by atoms with Crippen LogP contribution in [0.25, 0.3) is 6.08 Å². The van der Waals surface area contributed by atoms with Crippen LogP contribution in [0.1, 0.15) is 24.5 Å². The van der Waals surface area contributed by atoms with Gasteiger partial charge in [-0.1, -0.05) is 30.3 Å². The van der Waals surface area contributed by atoms with E-state index in [1.54, 1.807) is 31.2 Å². The molecule has 1 aromatic carbocycles. The van der Waals surface area contributed by atoms with Gasteiger partial charge in [-0.2, -0.15) is 0 Å². The van der Waals surface area contributed by atoms with E-state index in [1.165, 1.54) is 11.4 Å². The highest BCUT2D eigenvalue weighted by molar-refractivity contribution is 7.65. The molecule has 0 N–H and O–H groups in total. The molecule has 0 saturated heterocycles. The van der Waals surface area contributed by atoms with E-state index in [9.17, 15) is 13.8 Å². The van der Waals surface area contributed by atoms with Crippen LogP contribution >= 0.6 is 0 Å². The zero-order chi connectivity index (χ0) is 14.1. The Morgan fingerprint density at radius 2 is 1.95 bits per heavy atom. The number of ketones is 1. The minimum absolute atomic E-state index is 0.258. The number of ether oxygens (including phenoxy) is 1. The van der Waals surface area contributed by atoms with Crippen LogP contribution in [0, 0.1) is 0 Å². The van der Waals surface area contributed by atoms with Gasteiger partial charge in [0.2, 0.25) is 0 Å². The summed E-state index contributed by atoms with van der Waals surface area (Å²) in [6.45, 7) is 1.94. The Balaban J connectivity index is 2.73. The molecule has 0 amide bonds. The van der Waals surface area contributed by atoms with E-state index in [2.05, 4.69) is 4.74 Å². The second kappa shape index (κ2) is 8.16. The third-order valence-corrected chi connectivity index (χ3v) is 2.59. The monoisotopic (exact) mass is 278 g/mol. The summed E-state index contributed by atoms with van der Waals surface area (Å²) >= 11 is 0.352. The highest BCUT2D eigenvalue weighted by Gasteiger charge is 2.07. The zero-order valence-electron chi connectivity index (χ0n) is 10.5. The standard InChI is InChI=1S/C14H14O4S/c1-2-18-14(16)9-13(15)8-7-11-5-3-4-6-12(11)10-19-17/h3-8,10H,2,9H2,1H3. The minimum Gasteiger partial charge on any atom is -0.466 e. The molecule has 0 spiro atoms. The molecule has 0 heterocycles. The lowest BCUT2D eigenvalue weighted by molar-refractivity contribution is -0.144. The molecule has 0 aliphatic rings. The van der Waals surface area contributed by atoms with Crippen molar-refractivity contribution in [2.45, 2.75) is 13.3 Å². The normalized spacial score (nSPS) is 10.2. The predicted molar refractivity (Wildman–Crippen MR) is 75.0 cm³/mol. The van der Waals surface area contributed by atoms with Crippen LogP contribution in [0.3, 0.4) is 0 Å². The maximum atomic E-state index is 11.5. The van der Waals surface area contributed by atoms with E-state index in [-0.39, 0.29) is 18.8 Å². The first-order valence-electron chi connectivity index (χ1n) is 5.74. The van der Waals surface area contributed by atoms with Gasteiger partial charge in [-0.05, 0) is 24.1 Å². The van der Waals surface area contributed by atoms with Crippen LogP contribution in [-0.2, 0) is 25.6 Å². The zero-order valence-corrected chi connectivity index (χ0v) is 11.3. The quantitative estimate of drug-likeness (QED) is 0.343. The van der Waals surface area contributed by atoms with Crippen molar-refractivity contribution in [1.82, 2.24) is 0 Å². The van der Waals surface area contributed by atoms with Crippen molar-refractivity contribution in [2.75, 3.05) is 6.61 Å². The minimum atomic E-state index is -0.535. The smallest absolute Gasteiger partial charge is 0.313 e. The van der Waals surface area contributed by atoms with Crippen molar-refractivity contribution in [1.29, 1.82) is 0 Å². The Hall–Kier alpha value is -2.01. The average Bonchev–Trinajstić information content (AvgIpc) is 2.38. The first kappa shape index (κ1) is 15.0. The Kier molecular flexibility index (Phi) is 6.46. The molecule has 0 aliphatic carbocycles. The average molecular weight is 278 g/mol. The van der Waals surface area contributed by atoms with Gasteiger partial charge < -0.3 is 4.74 Å². The molecule has 0 bridgehead atoms. The number of hydrogen-bond donors (Lipinski definition) is 0. The van der Waals surface area contributed by atoms with Gasteiger partial charge in [-0.15, -0.1) is 0 Å². The fourth-order valence-corrected chi connectivity index (χ4v) is 1.74. The first-order chi connectivity index (χ1) is 9.17. The molecule has 0 aliphatic heterocycles. The predicted octanol–water partition coefficient (Wildman–Crippen LogP) is 1.59. The summed E-state index contributed by atoms with van der Waals surface area (Å²) in [6.07, 6.45) is 2.63. The van der Waals surface area contributed by atoms with Gasteiger partial charge in [0.25, 0.3) is 0 Å². The summed E-state index contributed by atoms with van der Waals surface area (Å²) in [5.41, 5.74) is 1.49. The molecule has 4 nitrogen and oxygen atoms in total. The Morgan fingerprint density at radius 3 is 2.58 bits per heavy atom. The molecule has 100 valence electrons. The van der Waals surface area contributed by atoms with Gasteiger partial charge in [-0.3, -0.25) is 9.59 Å².